The summed E-state index contributed by atoms with van der Waals surface area (Å²) in [5, 5.41) is 23.1. The van der Waals surface area contributed by atoms with E-state index in [9.17, 15) is 14.7 Å². The van der Waals surface area contributed by atoms with Crippen molar-refractivity contribution in [1.29, 1.82) is 0 Å². The van der Waals surface area contributed by atoms with Crippen molar-refractivity contribution in [2.75, 3.05) is 6.61 Å². The molecule has 9 heteroatoms. The minimum atomic E-state index is -1.04. The van der Waals surface area contributed by atoms with Gasteiger partial charge in [0.25, 0.3) is 5.91 Å². The molecule has 0 aliphatic heterocycles. The van der Waals surface area contributed by atoms with Crippen LogP contribution < -0.4 is 5.32 Å². The van der Waals surface area contributed by atoms with Gasteiger partial charge in [0.2, 0.25) is 0 Å². The Labute approximate surface area is 184 Å². The fourth-order valence-corrected chi connectivity index (χ4v) is 3.60. The predicted octanol–water partition coefficient (Wildman–Crippen LogP) is 4.07. The van der Waals surface area contributed by atoms with Gasteiger partial charge in [-0.2, -0.15) is 13.5 Å². The van der Waals surface area contributed by atoms with Crippen LogP contribution >= 0.6 is 36.7 Å². The lowest BCUT2D eigenvalue weighted by atomic mass is 9.99. The lowest BCUT2D eigenvalue weighted by Gasteiger charge is -2.19. The van der Waals surface area contributed by atoms with Crippen LogP contribution in [0.1, 0.15) is 38.0 Å². The van der Waals surface area contributed by atoms with Gasteiger partial charge in [-0.05, 0) is 48.4 Å². The Morgan fingerprint density at radius 1 is 1.17 bits per heavy atom. The van der Waals surface area contributed by atoms with Gasteiger partial charge in [0.05, 0.1) is 28.3 Å². The molecule has 0 radical (unpaired) electrons. The van der Waals surface area contributed by atoms with Crippen LogP contribution in [0.25, 0.3) is 10.9 Å². The van der Waals surface area contributed by atoms with Crippen molar-refractivity contribution in [3.63, 3.8) is 0 Å². The number of carboxylic acid groups (broad SMARTS) is 1. The molecule has 154 valence electrons. The number of rotatable bonds is 5. The third kappa shape index (κ3) is 4.38. The van der Waals surface area contributed by atoms with E-state index in [1.165, 1.54) is 12.1 Å². The van der Waals surface area contributed by atoms with E-state index in [0.29, 0.717) is 32.3 Å². The number of aromatic carboxylic acids is 1. The van der Waals surface area contributed by atoms with E-state index >= 15 is 0 Å². The Balaban J connectivity index is 0.00000300. The van der Waals surface area contributed by atoms with E-state index < -0.39 is 17.9 Å². The summed E-state index contributed by atoms with van der Waals surface area (Å²) in [4.78, 5) is 23.9. The number of hydrogen-bond acceptors (Lipinski definition) is 3. The van der Waals surface area contributed by atoms with Crippen LogP contribution in [0, 0.1) is 6.92 Å². The van der Waals surface area contributed by atoms with Crippen molar-refractivity contribution in [2.24, 2.45) is 7.05 Å². The van der Waals surface area contributed by atoms with Gasteiger partial charge in [-0.25, -0.2) is 4.79 Å². The molecule has 0 saturated heterocycles. The number of halogens is 2. The molecular formula is C20H20Cl2N2O4S. The van der Waals surface area contributed by atoms with Crippen LogP contribution in [0.5, 0.6) is 0 Å². The van der Waals surface area contributed by atoms with Crippen molar-refractivity contribution >= 4 is 59.5 Å². The summed E-state index contributed by atoms with van der Waals surface area (Å²) >= 11 is 12.3. The van der Waals surface area contributed by atoms with Crippen LogP contribution in [0.2, 0.25) is 10.0 Å². The van der Waals surface area contributed by atoms with Gasteiger partial charge in [-0.1, -0.05) is 29.3 Å². The maximum absolute atomic E-state index is 12.8. The average Bonchev–Trinajstić information content (AvgIpc) is 3.00. The number of nitrogens with zero attached hydrogens (tertiary/aromatic N) is 1. The van der Waals surface area contributed by atoms with E-state index in [2.05, 4.69) is 5.32 Å². The number of nitrogens with one attached hydrogen (secondary N) is 1. The van der Waals surface area contributed by atoms with E-state index in [4.69, 9.17) is 28.3 Å². The molecule has 3 aromatic rings. The zero-order valence-corrected chi connectivity index (χ0v) is 18.2. The van der Waals surface area contributed by atoms with Crippen LogP contribution in [0.4, 0.5) is 0 Å². The summed E-state index contributed by atoms with van der Waals surface area (Å²) in [6, 6.07) is 8.94. The lowest BCUT2D eigenvalue weighted by Crippen LogP contribution is -2.32. The van der Waals surface area contributed by atoms with Crippen LogP contribution in [0.3, 0.4) is 0 Å². The maximum Gasteiger partial charge on any atom is 0.335 e. The molecular weight excluding hydrogens is 435 g/mol. The molecule has 1 heterocycles. The second-order valence-electron chi connectivity index (χ2n) is 6.47. The fourth-order valence-electron chi connectivity index (χ4n) is 3.22. The Kier molecular flexibility index (Phi) is 7.24. The van der Waals surface area contributed by atoms with E-state index in [0.717, 1.165) is 5.52 Å². The summed E-state index contributed by atoms with van der Waals surface area (Å²) in [7, 11) is 1.74. The molecule has 29 heavy (non-hydrogen) atoms. The third-order valence-electron chi connectivity index (χ3n) is 4.73. The quantitative estimate of drug-likeness (QED) is 0.541. The number of aryl methyl sites for hydroxylation is 2. The number of aliphatic hydroxyl groups excluding tert-OH is 1. The Hall–Kier alpha value is -2.19. The maximum atomic E-state index is 12.8. The highest BCUT2D eigenvalue weighted by molar-refractivity contribution is 7.59. The van der Waals surface area contributed by atoms with Crippen LogP contribution in [-0.2, 0) is 7.05 Å². The van der Waals surface area contributed by atoms with Crippen molar-refractivity contribution < 1.29 is 19.8 Å². The second-order valence-corrected chi connectivity index (χ2v) is 7.25. The minimum absolute atomic E-state index is 0. The molecule has 6 nitrogen and oxygen atoms in total. The highest BCUT2D eigenvalue weighted by Crippen LogP contribution is 2.32. The number of hydrogen-bond donors (Lipinski definition) is 3. The lowest BCUT2D eigenvalue weighted by molar-refractivity contribution is 0.0696. The Morgan fingerprint density at radius 3 is 2.45 bits per heavy atom. The first-order valence-corrected chi connectivity index (χ1v) is 9.19. The SMILES string of the molecule is Cc1cc(C(=O)O)ccc1[C@@H](CO)NC(=O)c1cc2c(Cl)c(Cl)ccc2n1C.S. The molecule has 0 aliphatic carbocycles. The van der Waals surface area contributed by atoms with Crippen molar-refractivity contribution in [3.8, 4) is 0 Å². The first-order valence-electron chi connectivity index (χ1n) is 8.43. The van der Waals surface area contributed by atoms with E-state index in [-0.39, 0.29) is 25.7 Å². The molecule has 2 aromatic carbocycles. The van der Waals surface area contributed by atoms with Gasteiger partial charge in [-0.3, -0.25) is 4.79 Å². The molecule has 1 aromatic heterocycles. The second kappa shape index (κ2) is 9.09. The van der Waals surface area contributed by atoms with Gasteiger partial charge >= 0.3 is 5.97 Å². The summed E-state index contributed by atoms with van der Waals surface area (Å²) in [6.45, 7) is 1.39. The highest BCUT2D eigenvalue weighted by atomic mass is 35.5. The zero-order chi connectivity index (χ0) is 20.6. The molecule has 0 spiro atoms. The Morgan fingerprint density at radius 2 is 1.86 bits per heavy atom. The Bertz CT molecular complexity index is 1100. The normalized spacial score (nSPS) is 11.8. The first-order chi connectivity index (χ1) is 13.2. The van der Waals surface area contributed by atoms with Gasteiger partial charge in [0.15, 0.2) is 0 Å². The molecule has 0 aliphatic rings. The summed E-state index contributed by atoms with van der Waals surface area (Å²) in [6.07, 6.45) is 0. The molecule has 0 fully saturated rings. The molecule has 0 saturated carbocycles. The van der Waals surface area contributed by atoms with Crippen molar-refractivity contribution in [2.45, 2.75) is 13.0 Å². The number of aromatic nitrogens is 1. The fraction of sp³-hybridized carbons (Fsp3) is 0.200. The first kappa shape index (κ1) is 23.1. The highest BCUT2D eigenvalue weighted by Gasteiger charge is 2.21. The van der Waals surface area contributed by atoms with Gasteiger partial charge in [0.1, 0.15) is 5.69 Å². The summed E-state index contributed by atoms with van der Waals surface area (Å²) in [5.41, 5.74) is 2.55. The largest absolute Gasteiger partial charge is 0.478 e. The number of aliphatic hydroxyl groups is 1. The molecule has 3 N–H and O–H groups in total. The molecule has 0 bridgehead atoms. The predicted molar refractivity (Wildman–Crippen MR) is 119 cm³/mol. The number of carbonyl (C=O) groups excluding carboxylic acids is 1. The summed E-state index contributed by atoms with van der Waals surface area (Å²) < 4.78 is 1.70. The standard InChI is InChI=1S/C20H18Cl2N2O4.H2S/c1-10-7-11(20(27)28)3-4-12(10)15(9-25)23-19(26)17-8-13-16(24(17)2)6-5-14(21)18(13)22;/h3-8,15,25H,9H2,1-2H3,(H,23,26)(H,27,28);1H2/t15-;/m1./s1. The summed E-state index contributed by atoms with van der Waals surface area (Å²) in [5.74, 6) is -1.43. The monoisotopic (exact) mass is 454 g/mol. The van der Waals surface area contributed by atoms with Crippen molar-refractivity contribution in [1.82, 2.24) is 9.88 Å². The zero-order valence-electron chi connectivity index (χ0n) is 15.7. The molecule has 1 atom stereocenters. The third-order valence-corrected chi connectivity index (χ3v) is 5.55. The topological polar surface area (TPSA) is 91.6 Å². The van der Waals surface area contributed by atoms with Gasteiger partial charge < -0.3 is 20.1 Å². The number of fused-ring (bicyclic) bond motifs is 1. The molecule has 1 amide bonds. The minimum Gasteiger partial charge on any atom is -0.478 e. The smallest absolute Gasteiger partial charge is 0.335 e. The van der Waals surface area contributed by atoms with Crippen LogP contribution in [-0.4, -0.2) is 33.3 Å². The number of benzene rings is 2. The number of carbonyl (C=O) groups is 2. The number of carboxylic acids is 1. The molecule has 0 unspecified atom stereocenters. The van der Waals surface area contributed by atoms with E-state index in [1.54, 1.807) is 42.8 Å². The van der Waals surface area contributed by atoms with E-state index in [1.807, 2.05) is 0 Å². The van der Waals surface area contributed by atoms with Gasteiger partial charge in [-0.15, -0.1) is 0 Å². The number of amides is 1. The van der Waals surface area contributed by atoms with Gasteiger partial charge in [0, 0.05) is 18.0 Å². The van der Waals surface area contributed by atoms with Crippen LogP contribution in [0.15, 0.2) is 36.4 Å². The molecule has 3 rings (SSSR count). The van der Waals surface area contributed by atoms with Crippen molar-refractivity contribution in [3.05, 3.63) is 68.8 Å². The average molecular weight is 455 g/mol.